The molecule has 5 nitrogen and oxygen atoms in total. The van der Waals surface area contributed by atoms with Crippen molar-refractivity contribution in [3.05, 3.63) is 53.6 Å². The monoisotopic (exact) mass is 258 g/mol. The van der Waals surface area contributed by atoms with Crippen molar-refractivity contribution in [2.75, 3.05) is 11.5 Å². The molecule has 0 unspecified atom stereocenters. The summed E-state index contributed by atoms with van der Waals surface area (Å²) in [6, 6.07) is 11.7. The van der Waals surface area contributed by atoms with Crippen LogP contribution in [0.5, 0.6) is 5.75 Å². The second kappa shape index (κ2) is 5.30. The van der Waals surface area contributed by atoms with Crippen molar-refractivity contribution < 1.29 is 14.6 Å². The molecular weight excluding hydrogens is 244 g/mol. The Morgan fingerprint density at radius 2 is 1.68 bits per heavy atom. The van der Waals surface area contributed by atoms with Gasteiger partial charge in [-0.15, -0.1) is 0 Å². The summed E-state index contributed by atoms with van der Waals surface area (Å²) < 4.78 is 5.50. The summed E-state index contributed by atoms with van der Waals surface area (Å²) in [7, 11) is 0. The molecule has 5 heteroatoms. The number of ether oxygens (including phenoxy) is 1. The van der Waals surface area contributed by atoms with Gasteiger partial charge in [0.2, 0.25) is 0 Å². The normalized spacial score (nSPS) is 10.1. The van der Waals surface area contributed by atoms with Crippen molar-refractivity contribution >= 4 is 17.3 Å². The molecule has 0 fully saturated rings. The number of carbonyl (C=O) groups is 1. The molecule has 0 amide bonds. The molecule has 5 N–H and O–H groups in total. The first-order valence-corrected chi connectivity index (χ1v) is 5.66. The Morgan fingerprint density at radius 1 is 1.05 bits per heavy atom. The van der Waals surface area contributed by atoms with Gasteiger partial charge in [0, 0.05) is 11.4 Å². The Hall–Kier alpha value is -2.69. The van der Waals surface area contributed by atoms with E-state index < -0.39 is 5.97 Å². The van der Waals surface area contributed by atoms with Gasteiger partial charge in [-0.1, -0.05) is 12.1 Å². The van der Waals surface area contributed by atoms with Gasteiger partial charge in [-0.3, -0.25) is 0 Å². The van der Waals surface area contributed by atoms with E-state index in [4.69, 9.17) is 21.3 Å². The number of benzene rings is 2. The molecule has 0 saturated heterocycles. The lowest BCUT2D eigenvalue weighted by Crippen LogP contribution is -2.04. The standard InChI is InChI=1S/C14H14N2O3/c15-10-3-1-9(2-4-10)8-19-13-6-5-11(16)7-12(13)14(17)18/h1-7H,8,15-16H2,(H,17,18). The molecule has 0 aliphatic carbocycles. The van der Waals surface area contributed by atoms with Gasteiger partial charge in [-0.05, 0) is 35.9 Å². The van der Waals surface area contributed by atoms with E-state index in [2.05, 4.69) is 0 Å². The number of aromatic carboxylic acids is 1. The quantitative estimate of drug-likeness (QED) is 0.729. The van der Waals surface area contributed by atoms with E-state index in [1.165, 1.54) is 6.07 Å². The van der Waals surface area contributed by atoms with Gasteiger partial charge >= 0.3 is 5.97 Å². The molecule has 0 aliphatic heterocycles. The highest BCUT2D eigenvalue weighted by atomic mass is 16.5. The van der Waals surface area contributed by atoms with Crippen LogP contribution < -0.4 is 16.2 Å². The first-order valence-electron chi connectivity index (χ1n) is 5.66. The van der Waals surface area contributed by atoms with Gasteiger partial charge in [0.1, 0.15) is 17.9 Å². The smallest absolute Gasteiger partial charge is 0.339 e. The Kier molecular flexibility index (Phi) is 3.56. The Morgan fingerprint density at radius 3 is 2.32 bits per heavy atom. The summed E-state index contributed by atoms with van der Waals surface area (Å²) in [6.07, 6.45) is 0. The topological polar surface area (TPSA) is 98.6 Å². The second-order valence-corrected chi connectivity index (χ2v) is 4.09. The molecule has 2 aromatic rings. The maximum absolute atomic E-state index is 11.1. The van der Waals surface area contributed by atoms with E-state index >= 15 is 0 Å². The first-order chi connectivity index (χ1) is 9.06. The molecule has 0 aromatic heterocycles. The Balaban J connectivity index is 2.15. The SMILES string of the molecule is Nc1ccc(COc2ccc(N)cc2C(=O)O)cc1. The van der Waals surface area contributed by atoms with Crippen LogP contribution in [-0.4, -0.2) is 11.1 Å². The average Bonchev–Trinajstić information content (AvgIpc) is 2.39. The minimum atomic E-state index is -1.07. The third kappa shape index (κ3) is 3.16. The van der Waals surface area contributed by atoms with E-state index in [0.29, 0.717) is 17.1 Å². The number of nitrogen functional groups attached to an aromatic ring is 2. The summed E-state index contributed by atoms with van der Waals surface area (Å²) in [4.78, 5) is 11.1. The Bertz CT molecular complexity index is 594. The minimum absolute atomic E-state index is 0.0513. The maximum atomic E-state index is 11.1. The highest BCUT2D eigenvalue weighted by molar-refractivity contribution is 5.92. The predicted octanol–water partition coefficient (Wildman–Crippen LogP) is 2.13. The van der Waals surface area contributed by atoms with Crippen LogP contribution >= 0.6 is 0 Å². The van der Waals surface area contributed by atoms with E-state index in [-0.39, 0.29) is 12.2 Å². The lowest BCUT2D eigenvalue weighted by Gasteiger charge is -2.10. The van der Waals surface area contributed by atoms with E-state index in [1.54, 1.807) is 24.3 Å². The van der Waals surface area contributed by atoms with Crippen LogP contribution in [0.1, 0.15) is 15.9 Å². The van der Waals surface area contributed by atoms with Crippen molar-refractivity contribution in [3.63, 3.8) is 0 Å². The third-order valence-electron chi connectivity index (χ3n) is 2.61. The van der Waals surface area contributed by atoms with Crippen molar-refractivity contribution in [1.82, 2.24) is 0 Å². The number of anilines is 2. The minimum Gasteiger partial charge on any atom is -0.488 e. The van der Waals surface area contributed by atoms with Gasteiger partial charge in [0.15, 0.2) is 0 Å². The van der Waals surface area contributed by atoms with Crippen molar-refractivity contribution in [3.8, 4) is 5.75 Å². The fraction of sp³-hybridized carbons (Fsp3) is 0.0714. The molecule has 0 bridgehead atoms. The predicted molar refractivity (Wildman–Crippen MR) is 73.0 cm³/mol. The fourth-order valence-electron chi connectivity index (χ4n) is 1.62. The van der Waals surface area contributed by atoms with Crippen LogP contribution in [0.25, 0.3) is 0 Å². The first kappa shape index (κ1) is 12.8. The number of hydrogen-bond donors (Lipinski definition) is 3. The van der Waals surface area contributed by atoms with Gasteiger partial charge in [0.05, 0.1) is 0 Å². The second-order valence-electron chi connectivity index (χ2n) is 4.09. The summed E-state index contributed by atoms with van der Waals surface area (Å²) in [5, 5.41) is 9.07. The molecule has 0 saturated carbocycles. The molecule has 19 heavy (non-hydrogen) atoms. The molecule has 0 radical (unpaired) electrons. The Labute approximate surface area is 110 Å². The molecule has 2 aromatic carbocycles. The van der Waals surface area contributed by atoms with Crippen molar-refractivity contribution in [1.29, 1.82) is 0 Å². The van der Waals surface area contributed by atoms with Crippen molar-refractivity contribution in [2.24, 2.45) is 0 Å². The van der Waals surface area contributed by atoms with Gasteiger partial charge < -0.3 is 21.3 Å². The summed E-state index contributed by atoms with van der Waals surface area (Å²) in [5.74, 6) is -0.780. The van der Waals surface area contributed by atoms with Gasteiger partial charge in [0.25, 0.3) is 0 Å². The molecule has 0 spiro atoms. The van der Waals surface area contributed by atoms with Crippen LogP contribution in [0.3, 0.4) is 0 Å². The summed E-state index contributed by atoms with van der Waals surface area (Å²) >= 11 is 0. The largest absolute Gasteiger partial charge is 0.488 e. The van der Waals surface area contributed by atoms with Crippen LogP contribution in [0.4, 0.5) is 11.4 Å². The number of hydrogen-bond acceptors (Lipinski definition) is 4. The van der Waals surface area contributed by atoms with Gasteiger partial charge in [-0.25, -0.2) is 4.79 Å². The molecular formula is C14H14N2O3. The molecule has 2 rings (SSSR count). The van der Waals surface area contributed by atoms with Crippen LogP contribution in [0.15, 0.2) is 42.5 Å². The van der Waals surface area contributed by atoms with Crippen LogP contribution in [0, 0.1) is 0 Å². The van der Waals surface area contributed by atoms with E-state index in [0.717, 1.165) is 5.56 Å². The number of nitrogens with two attached hydrogens (primary N) is 2. The number of rotatable bonds is 4. The highest BCUT2D eigenvalue weighted by Crippen LogP contribution is 2.22. The van der Waals surface area contributed by atoms with E-state index in [1.807, 2.05) is 12.1 Å². The average molecular weight is 258 g/mol. The number of carboxylic acids is 1. The zero-order chi connectivity index (χ0) is 13.8. The summed E-state index contributed by atoms with van der Waals surface area (Å²) in [5.41, 5.74) is 13.2. The highest BCUT2D eigenvalue weighted by Gasteiger charge is 2.11. The molecule has 98 valence electrons. The number of carboxylic acid groups (broad SMARTS) is 1. The van der Waals surface area contributed by atoms with Gasteiger partial charge in [-0.2, -0.15) is 0 Å². The van der Waals surface area contributed by atoms with Crippen LogP contribution in [-0.2, 0) is 6.61 Å². The lowest BCUT2D eigenvalue weighted by atomic mass is 10.1. The molecule has 0 atom stereocenters. The lowest BCUT2D eigenvalue weighted by molar-refractivity contribution is 0.0692. The zero-order valence-corrected chi connectivity index (χ0v) is 10.2. The summed E-state index contributed by atoms with van der Waals surface area (Å²) in [6.45, 7) is 0.268. The fourth-order valence-corrected chi connectivity index (χ4v) is 1.62. The maximum Gasteiger partial charge on any atom is 0.339 e. The van der Waals surface area contributed by atoms with Crippen LogP contribution in [0.2, 0.25) is 0 Å². The zero-order valence-electron chi connectivity index (χ0n) is 10.2. The van der Waals surface area contributed by atoms with Crippen molar-refractivity contribution in [2.45, 2.75) is 6.61 Å². The van der Waals surface area contributed by atoms with E-state index in [9.17, 15) is 4.79 Å². The third-order valence-corrected chi connectivity index (χ3v) is 2.61. The molecule has 0 heterocycles. The molecule has 0 aliphatic rings.